The predicted octanol–water partition coefficient (Wildman–Crippen LogP) is 0.0707. The highest BCUT2D eigenvalue weighted by Crippen LogP contribution is 2.36. The molecule has 4 atom stereocenters. The van der Waals surface area contributed by atoms with Crippen molar-refractivity contribution >= 4 is 30.1 Å². The van der Waals surface area contributed by atoms with Crippen molar-refractivity contribution < 1.29 is 25.3 Å². The summed E-state index contributed by atoms with van der Waals surface area (Å²) in [5, 5.41) is -1.90. The van der Waals surface area contributed by atoms with E-state index in [4.69, 9.17) is 0 Å². The molecule has 0 aromatic carbocycles. The second kappa shape index (κ2) is 9.04. The largest absolute Gasteiger partial charge is 0.216 e. The van der Waals surface area contributed by atoms with Gasteiger partial charge in [0.15, 0.2) is 0 Å². The smallest absolute Gasteiger partial charge is 0.215 e. The standard InChI is InChI=1S/C15H33N3O6S3/c1-11(2)25(19,20)17-15-10-14(15)9-13(4)26(21,22)16-8-7-12(3)27(23,24)18(5)6/h11-17H,7-10H2,1-6H3. The third kappa shape index (κ3) is 6.93. The van der Waals surface area contributed by atoms with Gasteiger partial charge in [-0.2, -0.15) is 0 Å². The molecule has 1 aliphatic carbocycles. The van der Waals surface area contributed by atoms with E-state index in [2.05, 4.69) is 9.44 Å². The summed E-state index contributed by atoms with van der Waals surface area (Å²) in [4.78, 5) is 0. The van der Waals surface area contributed by atoms with Gasteiger partial charge in [0.25, 0.3) is 0 Å². The maximum atomic E-state index is 12.3. The van der Waals surface area contributed by atoms with E-state index < -0.39 is 45.8 Å². The van der Waals surface area contributed by atoms with Crippen LogP contribution in [0, 0.1) is 5.92 Å². The summed E-state index contributed by atoms with van der Waals surface area (Å²) in [6.07, 6.45) is 1.16. The lowest BCUT2D eigenvalue weighted by Gasteiger charge is -2.19. The van der Waals surface area contributed by atoms with Crippen LogP contribution < -0.4 is 9.44 Å². The molecule has 0 aromatic heterocycles. The fourth-order valence-corrected chi connectivity index (χ4v) is 5.91. The topological polar surface area (TPSA) is 130 Å². The third-order valence-corrected chi connectivity index (χ3v) is 10.9. The molecule has 0 spiro atoms. The molecular formula is C15H33N3O6S3. The van der Waals surface area contributed by atoms with Gasteiger partial charge in [-0.1, -0.05) is 0 Å². The van der Waals surface area contributed by atoms with Gasteiger partial charge in [-0.15, -0.1) is 0 Å². The Morgan fingerprint density at radius 2 is 1.48 bits per heavy atom. The highest BCUT2D eigenvalue weighted by Gasteiger charge is 2.42. The first kappa shape index (κ1) is 24.8. The predicted molar refractivity (Wildman–Crippen MR) is 107 cm³/mol. The van der Waals surface area contributed by atoms with E-state index in [0.29, 0.717) is 12.8 Å². The molecule has 0 aromatic rings. The first-order chi connectivity index (χ1) is 12.1. The summed E-state index contributed by atoms with van der Waals surface area (Å²) in [5.41, 5.74) is 0. The summed E-state index contributed by atoms with van der Waals surface area (Å²) in [7, 11) is -7.49. The fourth-order valence-electron chi connectivity index (χ4n) is 2.61. The quantitative estimate of drug-likeness (QED) is 0.435. The van der Waals surface area contributed by atoms with Crippen LogP contribution in [-0.2, 0) is 30.1 Å². The SMILES string of the molecule is CC(C)S(=O)(=O)NC1CC1CC(C)S(=O)(=O)NCCC(C)S(=O)(=O)N(C)C. The van der Waals surface area contributed by atoms with E-state index in [9.17, 15) is 25.3 Å². The first-order valence-corrected chi connectivity index (χ1v) is 13.6. The van der Waals surface area contributed by atoms with Crippen molar-refractivity contribution in [1.82, 2.24) is 13.7 Å². The Balaban J connectivity index is 2.48. The first-order valence-electron chi connectivity index (χ1n) is 9.02. The Hall–Kier alpha value is -0.270. The van der Waals surface area contributed by atoms with Gasteiger partial charge in [0.2, 0.25) is 30.1 Å². The van der Waals surface area contributed by atoms with Gasteiger partial charge in [0.1, 0.15) is 0 Å². The maximum absolute atomic E-state index is 12.3. The normalized spacial score (nSPS) is 23.6. The molecule has 9 nitrogen and oxygen atoms in total. The average Bonchev–Trinajstić information content (AvgIpc) is 3.22. The van der Waals surface area contributed by atoms with Crippen LogP contribution in [0.25, 0.3) is 0 Å². The lowest BCUT2D eigenvalue weighted by Crippen LogP contribution is -2.38. The molecule has 0 radical (unpaired) electrons. The Morgan fingerprint density at radius 1 is 0.926 bits per heavy atom. The lowest BCUT2D eigenvalue weighted by atomic mass is 10.2. The minimum absolute atomic E-state index is 0.00172. The van der Waals surface area contributed by atoms with Crippen LogP contribution in [-0.4, -0.2) is 72.0 Å². The highest BCUT2D eigenvalue weighted by atomic mass is 32.2. The summed E-state index contributed by atoms with van der Waals surface area (Å²) < 4.78 is 78.5. The molecule has 162 valence electrons. The molecule has 4 unspecified atom stereocenters. The molecule has 0 heterocycles. The minimum atomic E-state index is -3.60. The van der Waals surface area contributed by atoms with Crippen molar-refractivity contribution in [2.24, 2.45) is 5.92 Å². The van der Waals surface area contributed by atoms with Crippen LogP contribution in [0.5, 0.6) is 0 Å². The van der Waals surface area contributed by atoms with Crippen LogP contribution in [0.3, 0.4) is 0 Å². The summed E-state index contributed by atoms with van der Waals surface area (Å²) >= 11 is 0. The molecule has 1 fully saturated rings. The van der Waals surface area contributed by atoms with Gasteiger partial charge in [-0.05, 0) is 52.9 Å². The number of hydrogen-bond donors (Lipinski definition) is 2. The molecule has 2 N–H and O–H groups in total. The summed E-state index contributed by atoms with van der Waals surface area (Å²) in [6, 6.07) is -0.208. The number of nitrogens with zero attached hydrogens (tertiary/aromatic N) is 1. The molecule has 1 aliphatic rings. The van der Waals surface area contributed by atoms with Crippen LogP contribution in [0.15, 0.2) is 0 Å². The number of hydrogen-bond acceptors (Lipinski definition) is 6. The van der Waals surface area contributed by atoms with Gasteiger partial charge < -0.3 is 0 Å². The van der Waals surface area contributed by atoms with Crippen molar-refractivity contribution in [3.05, 3.63) is 0 Å². The minimum Gasteiger partial charge on any atom is -0.215 e. The molecule has 0 aliphatic heterocycles. The van der Waals surface area contributed by atoms with E-state index in [1.165, 1.54) is 14.1 Å². The third-order valence-electron chi connectivity index (χ3n) is 4.89. The van der Waals surface area contributed by atoms with E-state index in [-0.39, 0.29) is 24.9 Å². The molecular weight excluding hydrogens is 414 g/mol. The van der Waals surface area contributed by atoms with Crippen molar-refractivity contribution in [3.8, 4) is 0 Å². The molecule has 0 amide bonds. The Morgan fingerprint density at radius 3 is 1.96 bits per heavy atom. The van der Waals surface area contributed by atoms with Crippen LogP contribution >= 0.6 is 0 Å². The number of rotatable bonds is 12. The van der Waals surface area contributed by atoms with E-state index in [0.717, 1.165) is 4.31 Å². The molecule has 0 saturated heterocycles. The second-order valence-electron chi connectivity index (χ2n) is 7.73. The van der Waals surface area contributed by atoms with Gasteiger partial charge in [0.05, 0.1) is 15.7 Å². The zero-order valence-corrected chi connectivity index (χ0v) is 19.3. The zero-order valence-electron chi connectivity index (χ0n) is 16.8. The van der Waals surface area contributed by atoms with E-state index in [1.807, 2.05) is 0 Å². The molecule has 27 heavy (non-hydrogen) atoms. The summed E-state index contributed by atoms with van der Waals surface area (Å²) in [5.74, 6) is -0.00172. The number of sulfonamides is 3. The molecule has 1 rings (SSSR count). The Kier molecular flexibility index (Phi) is 8.29. The van der Waals surface area contributed by atoms with Crippen molar-refractivity contribution in [1.29, 1.82) is 0 Å². The van der Waals surface area contributed by atoms with Crippen molar-refractivity contribution in [2.45, 2.75) is 68.7 Å². The molecule has 0 bridgehead atoms. The molecule has 12 heteroatoms. The van der Waals surface area contributed by atoms with E-state index in [1.54, 1.807) is 27.7 Å². The highest BCUT2D eigenvalue weighted by molar-refractivity contribution is 7.90. The van der Waals surface area contributed by atoms with Gasteiger partial charge >= 0.3 is 0 Å². The van der Waals surface area contributed by atoms with Crippen LogP contribution in [0.4, 0.5) is 0 Å². The van der Waals surface area contributed by atoms with Gasteiger partial charge in [0, 0.05) is 26.7 Å². The van der Waals surface area contributed by atoms with Crippen LogP contribution in [0.2, 0.25) is 0 Å². The Bertz CT molecular complexity index is 806. The summed E-state index contributed by atoms with van der Waals surface area (Å²) in [6.45, 7) is 6.34. The van der Waals surface area contributed by atoms with Crippen molar-refractivity contribution in [3.63, 3.8) is 0 Å². The average molecular weight is 448 g/mol. The van der Waals surface area contributed by atoms with E-state index >= 15 is 0 Å². The number of nitrogens with one attached hydrogen (secondary N) is 2. The lowest BCUT2D eigenvalue weighted by molar-refractivity contribution is 0.501. The molecule has 1 saturated carbocycles. The fraction of sp³-hybridized carbons (Fsp3) is 1.00. The maximum Gasteiger partial charge on any atom is 0.216 e. The van der Waals surface area contributed by atoms with Gasteiger partial charge in [-0.3, -0.25) is 0 Å². The van der Waals surface area contributed by atoms with Gasteiger partial charge in [-0.25, -0.2) is 39.0 Å². The van der Waals surface area contributed by atoms with Crippen molar-refractivity contribution in [2.75, 3.05) is 20.6 Å². The zero-order chi connectivity index (χ0) is 21.2. The monoisotopic (exact) mass is 447 g/mol. The van der Waals surface area contributed by atoms with Crippen LogP contribution in [0.1, 0.15) is 47.0 Å². The second-order valence-corrected chi connectivity index (χ2v) is 14.7. The Labute approximate surface area is 164 Å².